The first-order valence-corrected chi connectivity index (χ1v) is 35.9. The van der Waals surface area contributed by atoms with Crippen LogP contribution in [0.25, 0.3) is 33.4 Å². The number of rotatable bonds is 7. The largest absolute Gasteiger partial charge is 0.458 e. The topological polar surface area (TPSA) is 31.4 Å². The van der Waals surface area contributed by atoms with Gasteiger partial charge in [0.1, 0.15) is 23.0 Å². The van der Waals surface area contributed by atoms with Crippen LogP contribution >= 0.6 is 0 Å². The van der Waals surface area contributed by atoms with Crippen LogP contribution in [0.1, 0.15) is 50.1 Å². The van der Waals surface area contributed by atoms with Crippen molar-refractivity contribution in [3.05, 3.63) is 317 Å². The van der Waals surface area contributed by atoms with Gasteiger partial charge in [0.25, 0.3) is 20.1 Å². The Balaban J connectivity index is 0.887. The van der Waals surface area contributed by atoms with Gasteiger partial charge in [0.05, 0.1) is 5.69 Å². The molecule has 0 fully saturated rings. The maximum Gasteiger partial charge on any atom is 0.260 e. The van der Waals surface area contributed by atoms with E-state index in [1.807, 2.05) is 0 Å². The van der Waals surface area contributed by atoms with Crippen molar-refractivity contribution in [1.82, 2.24) is 0 Å². The van der Waals surface area contributed by atoms with Crippen LogP contribution in [-0.4, -0.2) is 20.1 Å². The Bertz CT molecular complexity index is 5870. The summed E-state index contributed by atoms with van der Waals surface area (Å²) in [6.07, 6.45) is 0. The molecule has 6 aliphatic heterocycles. The summed E-state index contributed by atoms with van der Waals surface area (Å²) in [7, 11) is 0. The minimum absolute atomic E-state index is 0.169. The van der Waals surface area contributed by atoms with Gasteiger partial charge in [-0.1, -0.05) is 175 Å². The SMILES string of the molecule is Cc1cc(C)c(N2c3cc4c(cc3B3c5ccccc5N(c5ccccc5)c5cc(-c6c(C)cccc6C)cc2c53)B2c3cc5c(cc3Oc3cc(-c6c(C)cccc6C)cc(c32)O4)N(c2ccccc2)c2cc(-c3c(C)cccc3C)cc3c2B5c2ccccc2N3c2ccccc2)c(C)c1. The van der Waals surface area contributed by atoms with Gasteiger partial charge >= 0.3 is 0 Å². The van der Waals surface area contributed by atoms with E-state index < -0.39 is 0 Å². The highest BCUT2D eigenvalue weighted by atomic mass is 16.5. The van der Waals surface area contributed by atoms with E-state index in [4.69, 9.17) is 9.47 Å². The fraction of sp³-hybridized carbons (Fsp3) is 0.0968. The molecule has 6 heterocycles. The molecule has 6 nitrogen and oxygen atoms in total. The molecule has 0 aliphatic carbocycles. The van der Waals surface area contributed by atoms with E-state index in [9.17, 15) is 0 Å². The van der Waals surface area contributed by atoms with E-state index in [0.717, 1.165) is 90.4 Å². The minimum Gasteiger partial charge on any atom is -0.458 e. The second-order valence-corrected chi connectivity index (χ2v) is 29.2. The zero-order valence-corrected chi connectivity index (χ0v) is 58.7. The molecule has 0 aromatic heterocycles. The molecule has 20 rings (SSSR count). The van der Waals surface area contributed by atoms with Crippen molar-refractivity contribution < 1.29 is 9.47 Å². The van der Waals surface area contributed by atoms with Crippen LogP contribution in [0.15, 0.2) is 267 Å². The molecule has 0 unspecified atom stereocenters. The lowest BCUT2D eigenvalue weighted by Gasteiger charge is -2.46. The van der Waals surface area contributed by atoms with Gasteiger partial charge in [-0.25, -0.2) is 0 Å². The Morgan fingerprint density at radius 2 is 0.549 bits per heavy atom. The highest BCUT2D eigenvalue weighted by Crippen LogP contribution is 2.52. The smallest absolute Gasteiger partial charge is 0.260 e. The third-order valence-corrected chi connectivity index (χ3v) is 22.9. The van der Waals surface area contributed by atoms with Crippen LogP contribution in [0.2, 0.25) is 0 Å². The average Bonchev–Trinajstić information content (AvgIpc) is 0.682. The van der Waals surface area contributed by atoms with Gasteiger partial charge in [-0.3, -0.25) is 0 Å². The van der Waals surface area contributed by atoms with Crippen LogP contribution in [0.5, 0.6) is 23.0 Å². The normalized spacial score (nSPS) is 13.6. The second-order valence-electron chi connectivity index (χ2n) is 29.2. The van der Waals surface area contributed by atoms with E-state index in [1.165, 1.54) is 133 Å². The van der Waals surface area contributed by atoms with E-state index in [1.54, 1.807) is 0 Å². The maximum atomic E-state index is 7.81. The molecule has 14 aromatic carbocycles. The van der Waals surface area contributed by atoms with Crippen LogP contribution in [0.3, 0.4) is 0 Å². The van der Waals surface area contributed by atoms with Gasteiger partial charge in [0, 0.05) is 80.2 Å². The maximum absolute atomic E-state index is 7.81. The standard InChI is InChI=1S/C93H71B3N4O2/c1-54-42-61(8)93(62(9)43-54)100-78-53-84-74(51-72(78)95-70-39-20-22-41-76(70)98(67-34-15-11-16-35-67)80-45-64(47-82(100)91(80)95)88-57(4)28-24-29-58(88)5)96-73-50-71-77(52-83(73)101-85-48-65(49-86(102-84)92(85)96)89-59(6)30-25-31-60(89)7)99(68-36-17-12-18-37-68)81-46-63(87-55(2)26-23-27-56(87)3)44-79-90(81)94(71)69-38-19-21-40-75(69)97(79)66-32-13-10-14-33-66/h10-53H,1-9H3. The van der Waals surface area contributed by atoms with Crippen molar-refractivity contribution in [1.29, 1.82) is 0 Å². The molecule has 0 spiro atoms. The Morgan fingerprint density at radius 3 is 0.941 bits per heavy atom. The molecular weight excluding hydrogens is 1240 g/mol. The lowest BCUT2D eigenvalue weighted by Crippen LogP contribution is -2.65. The summed E-state index contributed by atoms with van der Waals surface area (Å²) >= 11 is 0. The van der Waals surface area contributed by atoms with E-state index >= 15 is 0 Å². The zero-order chi connectivity index (χ0) is 68.7. The van der Waals surface area contributed by atoms with Crippen LogP contribution in [0, 0.1) is 62.3 Å². The number of ether oxygens (including phenoxy) is 2. The van der Waals surface area contributed by atoms with Crippen molar-refractivity contribution >= 4 is 138 Å². The quantitative estimate of drug-likeness (QED) is 0.148. The summed E-state index contributed by atoms with van der Waals surface area (Å²) in [5.74, 6) is 3.26. The van der Waals surface area contributed by atoms with Gasteiger partial charge < -0.3 is 29.1 Å². The van der Waals surface area contributed by atoms with Gasteiger partial charge in [-0.05, 0) is 269 Å². The third-order valence-electron chi connectivity index (χ3n) is 22.9. The number of fused-ring (bicyclic) bond motifs is 12. The fourth-order valence-corrected chi connectivity index (χ4v) is 19.0. The minimum atomic E-state index is -0.314. The molecule has 0 N–H and O–H groups in total. The molecule has 14 aromatic rings. The lowest BCUT2D eigenvalue weighted by molar-refractivity contribution is 0.465. The third kappa shape index (κ3) is 8.76. The zero-order valence-electron chi connectivity index (χ0n) is 58.7. The first-order chi connectivity index (χ1) is 49.8. The Kier molecular flexibility index (Phi) is 13.3. The molecule has 0 amide bonds. The molecule has 9 heteroatoms. The van der Waals surface area contributed by atoms with Crippen molar-refractivity contribution in [2.75, 3.05) is 19.6 Å². The first kappa shape index (κ1) is 60.1. The molecule has 6 aliphatic rings. The average molecular weight is 1310 g/mol. The molecule has 0 bridgehead atoms. The van der Waals surface area contributed by atoms with Gasteiger partial charge in [-0.2, -0.15) is 0 Å². The van der Waals surface area contributed by atoms with Crippen molar-refractivity contribution in [3.8, 4) is 56.4 Å². The number of benzene rings is 14. The molecule has 484 valence electrons. The molecule has 0 saturated heterocycles. The van der Waals surface area contributed by atoms with Crippen molar-refractivity contribution in [2.24, 2.45) is 0 Å². The van der Waals surface area contributed by atoms with Crippen molar-refractivity contribution in [3.63, 3.8) is 0 Å². The summed E-state index contributed by atoms with van der Waals surface area (Å²) in [4.78, 5) is 10.2. The van der Waals surface area contributed by atoms with Crippen LogP contribution < -0.4 is 78.2 Å². The monoisotopic (exact) mass is 1310 g/mol. The van der Waals surface area contributed by atoms with Gasteiger partial charge in [0.15, 0.2) is 0 Å². The summed E-state index contributed by atoms with van der Waals surface area (Å²) in [6.45, 7) is 19.6. The van der Waals surface area contributed by atoms with E-state index in [0.29, 0.717) is 0 Å². The summed E-state index contributed by atoms with van der Waals surface area (Å²) in [6, 6.07) is 101. The predicted molar refractivity (Wildman–Crippen MR) is 431 cm³/mol. The molecule has 102 heavy (non-hydrogen) atoms. The number of hydrogen-bond donors (Lipinski definition) is 0. The second kappa shape index (κ2) is 22.5. The summed E-state index contributed by atoms with van der Waals surface area (Å²) in [5.41, 5.74) is 42.5. The van der Waals surface area contributed by atoms with E-state index in [2.05, 4.69) is 349 Å². The van der Waals surface area contributed by atoms with Crippen LogP contribution in [0.4, 0.5) is 68.2 Å². The number of para-hydroxylation sites is 5. The van der Waals surface area contributed by atoms with Gasteiger partial charge in [-0.15, -0.1) is 0 Å². The highest BCUT2D eigenvalue weighted by molar-refractivity contribution is 7.04. The van der Waals surface area contributed by atoms with Gasteiger partial charge in [0.2, 0.25) is 0 Å². The molecule has 0 atom stereocenters. The summed E-state index contributed by atoms with van der Waals surface area (Å²) in [5, 5.41) is 0. The van der Waals surface area contributed by atoms with Crippen LogP contribution in [-0.2, 0) is 0 Å². The highest BCUT2D eigenvalue weighted by Gasteiger charge is 2.50. The number of anilines is 12. The first-order valence-electron chi connectivity index (χ1n) is 35.9. The summed E-state index contributed by atoms with van der Waals surface area (Å²) < 4.78 is 15.6. The lowest BCUT2D eigenvalue weighted by atomic mass is 9.29. The number of aryl methyl sites for hydroxylation is 9. The van der Waals surface area contributed by atoms with Crippen molar-refractivity contribution in [2.45, 2.75) is 62.3 Å². The Hall–Kier alpha value is -11.9. The molecule has 0 saturated carbocycles. The molecular formula is C93H71B3N4O2. The molecule has 0 radical (unpaired) electrons. The Labute approximate surface area is 598 Å². The number of hydrogen-bond acceptors (Lipinski definition) is 6. The Morgan fingerprint density at radius 1 is 0.225 bits per heavy atom. The predicted octanol–water partition coefficient (Wildman–Crippen LogP) is 18.4. The van der Waals surface area contributed by atoms with E-state index in [-0.39, 0.29) is 20.1 Å². The number of nitrogens with zero attached hydrogens (tertiary/aromatic N) is 4. The fourth-order valence-electron chi connectivity index (χ4n) is 19.0.